The second-order valence-electron chi connectivity index (χ2n) is 5.96. The van der Waals surface area contributed by atoms with Crippen molar-refractivity contribution in [1.29, 1.82) is 0 Å². The highest BCUT2D eigenvalue weighted by molar-refractivity contribution is 6.34. The zero-order valence-electron chi connectivity index (χ0n) is 13.3. The van der Waals surface area contributed by atoms with Crippen molar-refractivity contribution < 1.29 is 9.32 Å². The van der Waals surface area contributed by atoms with E-state index in [9.17, 15) is 4.79 Å². The monoisotopic (exact) mass is 338 g/mol. The molecule has 4 rings (SSSR count). The summed E-state index contributed by atoms with van der Waals surface area (Å²) in [5.41, 5.74) is 6.53. The van der Waals surface area contributed by atoms with Crippen LogP contribution in [0.2, 0.25) is 5.02 Å². The number of aryl methyl sites for hydroxylation is 2. The van der Waals surface area contributed by atoms with Gasteiger partial charge in [-0.2, -0.15) is 0 Å². The Hall–Kier alpha value is -2.59. The van der Waals surface area contributed by atoms with Crippen LogP contribution in [-0.2, 0) is 11.2 Å². The van der Waals surface area contributed by atoms with Crippen LogP contribution >= 0.6 is 11.6 Å². The zero-order chi connectivity index (χ0) is 16.8. The van der Waals surface area contributed by atoms with Crippen LogP contribution in [0.5, 0.6) is 0 Å². The molecular weight excluding hydrogens is 324 g/mol. The number of rotatable bonds is 2. The van der Waals surface area contributed by atoms with E-state index in [1.165, 1.54) is 0 Å². The Balaban J connectivity index is 1.94. The number of nitrogens with zero attached hydrogens (tertiary/aromatic N) is 1. The average molecular weight is 339 g/mol. The van der Waals surface area contributed by atoms with E-state index in [0.717, 1.165) is 45.0 Å². The summed E-state index contributed by atoms with van der Waals surface area (Å²) < 4.78 is 5.32. The van der Waals surface area contributed by atoms with Crippen LogP contribution in [0.4, 0.5) is 5.69 Å². The smallest absolute Gasteiger partial charge is 0.228 e. The lowest BCUT2D eigenvalue weighted by atomic mass is 9.92. The van der Waals surface area contributed by atoms with Crippen molar-refractivity contribution in [1.82, 2.24) is 5.16 Å². The number of halogens is 1. The molecule has 0 spiro atoms. The third kappa shape index (κ3) is 2.31. The van der Waals surface area contributed by atoms with E-state index in [1.54, 1.807) is 0 Å². The fourth-order valence-corrected chi connectivity index (χ4v) is 3.56. The molecular formula is C19H15ClN2O2. The molecule has 1 aliphatic rings. The van der Waals surface area contributed by atoms with E-state index in [2.05, 4.69) is 10.5 Å². The molecule has 1 N–H and O–H groups in total. The molecule has 0 atom stereocenters. The van der Waals surface area contributed by atoms with Gasteiger partial charge in [0, 0.05) is 21.8 Å². The van der Waals surface area contributed by atoms with Gasteiger partial charge in [0.1, 0.15) is 5.76 Å². The van der Waals surface area contributed by atoms with Gasteiger partial charge in [-0.3, -0.25) is 4.79 Å². The molecule has 2 heterocycles. The SMILES string of the molecule is Cc1noc(C)c1-c1cccc(Cl)c1-c1ccc2c(c1)CC(=O)N2. The van der Waals surface area contributed by atoms with Crippen LogP contribution in [0.15, 0.2) is 40.9 Å². The van der Waals surface area contributed by atoms with Gasteiger partial charge >= 0.3 is 0 Å². The van der Waals surface area contributed by atoms with Gasteiger partial charge in [0.25, 0.3) is 0 Å². The summed E-state index contributed by atoms with van der Waals surface area (Å²) >= 11 is 6.53. The number of aromatic nitrogens is 1. The Kier molecular flexibility index (Phi) is 3.43. The van der Waals surface area contributed by atoms with Crippen LogP contribution in [0.1, 0.15) is 17.0 Å². The number of nitrogens with one attached hydrogen (secondary N) is 1. The van der Waals surface area contributed by atoms with Crippen molar-refractivity contribution in [2.24, 2.45) is 0 Å². The Labute approximate surface area is 144 Å². The number of hydrogen-bond donors (Lipinski definition) is 1. The standard InChI is InChI=1S/C19H15ClN2O2/c1-10-18(11(2)24-22-10)14-4-3-5-15(20)19(14)12-6-7-16-13(8-12)9-17(23)21-16/h3-8H,9H2,1-2H3,(H,21,23). The topological polar surface area (TPSA) is 55.1 Å². The van der Waals surface area contributed by atoms with Gasteiger partial charge in [0.05, 0.1) is 12.1 Å². The first kappa shape index (κ1) is 15.0. The summed E-state index contributed by atoms with van der Waals surface area (Å²) in [5, 5.41) is 7.56. The van der Waals surface area contributed by atoms with Crippen LogP contribution < -0.4 is 5.32 Å². The number of carbonyl (C=O) groups excluding carboxylic acids is 1. The van der Waals surface area contributed by atoms with Gasteiger partial charge < -0.3 is 9.84 Å². The van der Waals surface area contributed by atoms with Crippen LogP contribution in [0, 0.1) is 13.8 Å². The number of fused-ring (bicyclic) bond motifs is 1. The fraction of sp³-hybridized carbons (Fsp3) is 0.158. The lowest BCUT2D eigenvalue weighted by molar-refractivity contribution is -0.115. The van der Waals surface area contributed by atoms with Crippen LogP contribution in [0.3, 0.4) is 0 Å². The molecule has 120 valence electrons. The summed E-state index contributed by atoms with van der Waals surface area (Å²) in [6.07, 6.45) is 0.397. The number of amides is 1. The average Bonchev–Trinajstić information content (AvgIpc) is 3.07. The summed E-state index contributed by atoms with van der Waals surface area (Å²) in [7, 11) is 0. The summed E-state index contributed by atoms with van der Waals surface area (Å²) in [5.74, 6) is 0.779. The first-order valence-electron chi connectivity index (χ1n) is 7.69. The maximum Gasteiger partial charge on any atom is 0.228 e. The van der Waals surface area contributed by atoms with Crippen molar-refractivity contribution in [3.05, 3.63) is 58.4 Å². The van der Waals surface area contributed by atoms with E-state index in [0.29, 0.717) is 11.4 Å². The van der Waals surface area contributed by atoms with Crippen LogP contribution in [0.25, 0.3) is 22.3 Å². The normalized spacial score (nSPS) is 13.0. The molecule has 0 fully saturated rings. The predicted molar refractivity (Wildman–Crippen MR) is 94.2 cm³/mol. The second kappa shape index (κ2) is 5.49. The summed E-state index contributed by atoms with van der Waals surface area (Å²) in [6, 6.07) is 11.7. The fourth-order valence-electron chi connectivity index (χ4n) is 3.28. The molecule has 24 heavy (non-hydrogen) atoms. The van der Waals surface area contributed by atoms with Gasteiger partial charge in [0.2, 0.25) is 5.91 Å². The van der Waals surface area contributed by atoms with Crippen molar-refractivity contribution in [3.63, 3.8) is 0 Å². The van der Waals surface area contributed by atoms with E-state index >= 15 is 0 Å². The molecule has 0 radical (unpaired) electrons. The summed E-state index contributed by atoms with van der Waals surface area (Å²) in [6.45, 7) is 3.81. The minimum atomic E-state index is 0.0206. The van der Waals surface area contributed by atoms with E-state index in [1.807, 2.05) is 50.2 Å². The molecule has 1 aromatic heterocycles. The molecule has 0 aliphatic carbocycles. The third-order valence-electron chi connectivity index (χ3n) is 4.34. The van der Waals surface area contributed by atoms with Gasteiger partial charge in [-0.1, -0.05) is 35.0 Å². The molecule has 0 saturated heterocycles. The van der Waals surface area contributed by atoms with E-state index < -0.39 is 0 Å². The highest BCUT2D eigenvalue weighted by Gasteiger charge is 2.21. The molecule has 1 amide bonds. The molecule has 0 unspecified atom stereocenters. The highest BCUT2D eigenvalue weighted by atomic mass is 35.5. The Morgan fingerprint density at radius 3 is 2.75 bits per heavy atom. The number of hydrogen-bond acceptors (Lipinski definition) is 3. The number of benzene rings is 2. The first-order chi connectivity index (χ1) is 11.5. The van der Waals surface area contributed by atoms with E-state index in [4.69, 9.17) is 16.1 Å². The number of carbonyl (C=O) groups is 1. The first-order valence-corrected chi connectivity index (χ1v) is 8.07. The number of anilines is 1. The molecule has 0 saturated carbocycles. The molecule has 2 aromatic carbocycles. The van der Waals surface area contributed by atoms with Crippen molar-refractivity contribution in [2.75, 3.05) is 5.32 Å². The zero-order valence-corrected chi connectivity index (χ0v) is 14.1. The Morgan fingerprint density at radius 1 is 1.17 bits per heavy atom. The van der Waals surface area contributed by atoms with Crippen molar-refractivity contribution in [2.45, 2.75) is 20.3 Å². The van der Waals surface area contributed by atoms with Crippen LogP contribution in [-0.4, -0.2) is 11.1 Å². The van der Waals surface area contributed by atoms with Gasteiger partial charge in [-0.25, -0.2) is 0 Å². The molecule has 1 aliphatic heterocycles. The van der Waals surface area contributed by atoms with Gasteiger partial charge in [-0.15, -0.1) is 0 Å². The largest absolute Gasteiger partial charge is 0.361 e. The molecule has 0 bridgehead atoms. The maximum absolute atomic E-state index is 11.6. The predicted octanol–water partition coefficient (Wildman–Crippen LogP) is 4.77. The lowest BCUT2D eigenvalue weighted by Gasteiger charge is -2.13. The van der Waals surface area contributed by atoms with E-state index in [-0.39, 0.29) is 5.91 Å². The lowest BCUT2D eigenvalue weighted by Crippen LogP contribution is -2.03. The third-order valence-corrected chi connectivity index (χ3v) is 4.65. The highest BCUT2D eigenvalue weighted by Crippen LogP contribution is 2.41. The van der Waals surface area contributed by atoms with Gasteiger partial charge in [0.15, 0.2) is 0 Å². The summed E-state index contributed by atoms with van der Waals surface area (Å²) in [4.78, 5) is 11.6. The second-order valence-corrected chi connectivity index (χ2v) is 6.37. The van der Waals surface area contributed by atoms with Crippen molar-refractivity contribution >= 4 is 23.2 Å². The molecule has 4 nitrogen and oxygen atoms in total. The Morgan fingerprint density at radius 2 is 2.00 bits per heavy atom. The quantitative estimate of drug-likeness (QED) is 0.732. The minimum Gasteiger partial charge on any atom is -0.361 e. The maximum atomic E-state index is 11.6. The van der Waals surface area contributed by atoms with Gasteiger partial charge in [-0.05, 0) is 48.7 Å². The van der Waals surface area contributed by atoms with Crippen molar-refractivity contribution in [3.8, 4) is 22.3 Å². The molecule has 3 aromatic rings. The Bertz CT molecular complexity index is 956. The minimum absolute atomic E-state index is 0.0206. The molecule has 5 heteroatoms.